The third-order valence-electron chi connectivity index (χ3n) is 4.84. The summed E-state index contributed by atoms with van der Waals surface area (Å²) < 4.78 is 0. The van der Waals surface area contributed by atoms with Crippen molar-refractivity contribution in [3.63, 3.8) is 0 Å². The first kappa shape index (κ1) is 23.3. The van der Waals surface area contributed by atoms with Crippen molar-refractivity contribution in [1.29, 1.82) is 0 Å². The molecule has 0 radical (unpaired) electrons. The first-order chi connectivity index (χ1) is 17.5. The first-order valence-corrected chi connectivity index (χ1v) is 12.2. The minimum Gasteiger partial charge on any atom is -0.311 e. The molecule has 5 rings (SSSR count). The lowest BCUT2D eigenvalue weighted by molar-refractivity contribution is -0.114. The number of pyridine rings is 2. The SMILES string of the molecule is CC(=O)Nc1cc(-c2nc(-c3ccccn3)cs2)c(-c2nc(-c3ncccn3)c(C(=O)NN)s2)cn1. The normalized spacial score (nSPS) is 10.7. The first-order valence-electron chi connectivity index (χ1n) is 10.5. The quantitative estimate of drug-likeness (QED) is 0.175. The topological polar surface area (TPSA) is 162 Å². The zero-order valence-corrected chi connectivity index (χ0v) is 20.3. The van der Waals surface area contributed by atoms with E-state index in [9.17, 15) is 9.59 Å². The smallest absolute Gasteiger partial charge is 0.277 e. The molecule has 0 bridgehead atoms. The summed E-state index contributed by atoms with van der Waals surface area (Å²) in [7, 11) is 0. The second-order valence-corrected chi connectivity index (χ2v) is 9.15. The molecule has 0 aliphatic carbocycles. The molecule has 5 aromatic heterocycles. The van der Waals surface area contributed by atoms with Crippen molar-refractivity contribution in [3.05, 3.63) is 65.4 Å². The molecule has 11 nitrogen and oxygen atoms in total. The number of amides is 2. The van der Waals surface area contributed by atoms with Crippen molar-refractivity contribution in [2.24, 2.45) is 5.84 Å². The number of carbonyl (C=O) groups excluding carboxylic acids is 2. The van der Waals surface area contributed by atoms with Crippen LogP contribution in [0.5, 0.6) is 0 Å². The Morgan fingerprint density at radius 2 is 1.72 bits per heavy atom. The molecule has 0 aromatic carbocycles. The summed E-state index contributed by atoms with van der Waals surface area (Å²) >= 11 is 2.54. The molecule has 2 amide bonds. The molecule has 5 heterocycles. The van der Waals surface area contributed by atoms with Gasteiger partial charge in [-0.25, -0.2) is 30.8 Å². The Kier molecular flexibility index (Phi) is 6.49. The van der Waals surface area contributed by atoms with Gasteiger partial charge in [0.1, 0.15) is 32.1 Å². The maximum atomic E-state index is 12.5. The van der Waals surface area contributed by atoms with Crippen LogP contribution in [0.15, 0.2) is 60.5 Å². The number of anilines is 1. The highest BCUT2D eigenvalue weighted by Crippen LogP contribution is 2.40. The number of carbonyl (C=O) groups is 2. The Hall–Kier alpha value is -4.46. The Labute approximate surface area is 212 Å². The highest BCUT2D eigenvalue weighted by molar-refractivity contribution is 7.17. The number of aromatic nitrogens is 6. The number of nitrogen functional groups attached to an aromatic ring is 1. The van der Waals surface area contributed by atoms with Crippen LogP contribution in [-0.2, 0) is 4.79 Å². The molecule has 178 valence electrons. The summed E-state index contributed by atoms with van der Waals surface area (Å²) in [6, 6.07) is 8.99. The fourth-order valence-electron chi connectivity index (χ4n) is 3.31. The van der Waals surface area contributed by atoms with E-state index in [1.54, 1.807) is 36.9 Å². The monoisotopic (exact) mass is 515 g/mol. The number of hydrazine groups is 1. The van der Waals surface area contributed by atoms with Crippen LogP contribution in [0.3, 0.4) is 0 Å². The Bertz CT molecular complexity index is 1550. The molecule has 0 aliphatic rings. The minimum atomic E-state index is -0.516. The largest absolute Gasteiger partial charge is 0.311 e. The van der Waals surface area contributed by atoms with Crippen LogP contribution in [-0.4, -0.2) is 41.7 Å². The van der Waals surface area contributed by atoms with Crippen molar-refractivity contribution in [2.45, 2.75) is 6.92 Å². The van der Waals surface area contributed by atoms with Gasteiger partial charge < -0.3 is 5.32 Å². The van der Waals surface area contributed by atoms with Crippen molar-refractivity contribution < 1.29 is 9.59 Å². The van der Waals surface area contributed by atoms with Gasteiger partial charge in [0.05, 0.1) is 5.69 Å². The van der Waals surface area contributed by atoms with E-state index in [-0.39, 0.29) is 16.6 Å². The van der Waals surface area contributed by atoms with E-state index in [2.05, 4.69) is 35.7 Å². The van der Waals surface area contributed by atoms with Crippen LogP contribution in [0, 0.1) is 0 Å². The van der Waals surface area contributed by atoms with E-state index in [1.165, 1.54) is 18.3 Å². The van der Waals surface area contributed by atoms with Crippen LogP contribution in [0.1, 0.15) is 16.6 Å². The van der Waals surface area contributed by atoms with E-state index in [0.29, 0.717) is 38.3 Å². The van der Waals surface area contributed by atoms with E-state index < -0.39 is 5.91 Å². The van der Waals surface area contributed by atoms with E-state index in [4.69, 9.17) is 10.8 Å². The number of nitrogens with two attached hydrogens (primary N) is 1. The molecule has 5 aromatic rings. The standard InChI is InChI=1S/C23H17N9O2S2/c1-12(33)29-17-9-13(22-30-16(11-35-22)15-5-2-3-6-25-15)14(10-28-17)23-31-18(19(36-23)21(34)32-24)20-26-7-4-8-27-20/h2-11H,24H2,1H3,(H,32,34)(H,28,29,33). The van der Waals surface area contributed by atoms with Gasteiger partial charge in [0.2, 0.25) is 5.91 Å². The number of nitrogens with one attached hydrogen (secondary N) is 2. The molecule has 0 unspecified atom stereocenters. The molecule has 0 fully saturated rings. The Morgan fingerprint density at radius 1 is 0.917 bits per heavy atom. The molecular formula is C23H17N9O2S2. The predicted octanol–water partition coefficient (Wildman–Crippen LogP) is 3.41. The summed E-state index contributed by atoms with van der Waals surface area (Å²) in [5, 5.41) is 5.75. The lowest BCUT2D eigenvalue weighted by atomic mass is 10.1. The van der Waals surface area contributed by atoms with Crippen LogP contribution < -0.4 is 16.6 Å². The maximum Gasteiger partial charge on any atom is 0.277 e. The fraction of sp³-hybridized carbons (Fsp3) is 0.0435. The highest BCUT2D eigenvalue weighted by atomic mass is 32.1. The molecule has 13 heteroatoms. The second-order valence-electron chi connectivity index (χ2n) is 7.29. The van der Waals surface area contributed by atoms with Gasteiger partial charge in [0.25, 0.3) is 5.91 Å². The average Bonchev–Trinajstić information content (AvgIpc) is 3.57. The molecule has 0 atom stereocenters. The van der Waals surface area contributed by atoms with Gasteiger partial charge in [-0.2, -0.15) is 0 Å². The Morgan fingerprint density at radius 3 is 2.44 bits per heavy atom. The van der Waals surface area contributed by atoms with Gasteiger partial charge in [-0.05, 0) is 24.3 Å². The third kappa shape index (κ3) is 4.70. The van der Waals surface area contributed by atoms with E-state index >= 15 is 0 Å². The molecule has 36 heavy (non-hydrogen) atoms. The summed E-state index contributed by atoms with van der Waals surface area (Å²) in [5.74, 6) is 5.29. The summed E-state index contributed by atoms with van der Waals surface area (Å²) in [6.07, 6.45) is 6.42. The number of nitrogens with zero attached hydrogens (tertiary/aromatic N) is 6. The maximum absolute atomic E-state index is 12.5. The number of rotatable bonds is 6. The van der Waals surface area contributed by atoms with Crippen molar-refractivity contribution in [1.82, 2.24) is 35.3 Å². The van der Waals surface area contributed by atoms with Crippen LogP contribution in [0.2, 0.25) is 0 Å². The fourth-order valence-corrected chi connectivity index (χ4v) is 5.14. The van der Waals surface area contributed by atoms with Crippen LogP contribution in [0.25, 0.3) is 44.0 Å². The molecular weight excluding hydrogens is 498 g/mol. The number of hydrogen-bond acceptors (Lipinski definition) is 11. The molecule has 0 aliphatic heterocycles. The molecule has 0 saturated carbocycles. The second kappa shape index (κ2) is 10.0. The van der Waals surface area contributed by atoms with Gasteiger partial charge >= 0.3 is 0 Å². The zero-order valence-electron chi connectivity index (χ0n) is 18.7. The predicted molar refractivity (Wildman–Crippen MR) is 137 cm³/mol. The summed E-state index contributed by atoms with van der Waals surface area (Å²) in [5.41, 5.74) is 5.18. The van der Waals surface area contributed by atoms with Crippen molar-refractivity contribution in [3.8, 4) is 44.0 Å². The van der Waals surface area contributed by atoms with Gasteiger partial charge in [-0.15, -0.1) is 22.7 Å². The van der Waals surface area contributed by atoms with Crippen molar-refractivity contribution >= 4 is 40.3 Å². The minimum absolute atomic E-state index is 0.254. The number of thiazole rings is 2. The van der Waals surface area contributed by atoms with Crippen LogP contribution >= 0.6 is 22.7 Å². The van der Waals surface area contributed by atoms with Crippen LogP contribution in [0.4, 0.5) is 5.82 Å². The molecule has 4 N–H and O–H groups in total. The van der Waals surface area contributed by atoms with E-state index in [1.807, 2.05) is 23.6 Å². The highest BCUT2D eigenvalue weighted by Gasteiger charge is 2.24. The Balaban J connectivity index is 1.66. The lowest BCUT2D eigenvalue weighted by Gasteiger charge is -2.08. The van der Waals surface area contributed by atoms with Gasteiger partial charge in [0, 0.05) is 48.2 Å². The number of hydrogen-bond donors (Lipinski definition) is 3. The van der Waals surface area contributed by atoms with Crippen molar-refractivity contribution in [2.75, 3.05) is 5.32 Å². The molecule has 0 saturated heterocycles. The molecule has 0 spiro atoms. The lowest BCUT2D eigenvalue weighted by Crippen LogP contribution is -2.29. The zero-order chi connectivity index (χ0) is 25.1. The summed E-state index contributed by atoms with van der Waals surface area (Å²) in [6.45, 7) is 1.41. The van der Waals surface area contributed by atoms with Gasteiger partial charge in [-0.3, -0.25) is 20.0 Å². The summed E-state index contributed by atoms with van der Waals surface area (Å²) in [4.78, 5) is 51.1. The van der Waals surface area contributed by atoms with Gasteiger partial charge in [0.15, 0.2) is 5.82 Å². The van der Waals surface area contributed by atoms with E-state index in [0.717, 1.165) is 17.0 Å². The third-order valence-corrected chi connectivity index (χ3v) is 6.81. The average molecular weight is 516 g/mol. The van der Waals surface area contributed by atoms with Gasteiger partial charge in [-0.1, -0.05) is 6.07 Å².